The average Bonchev–Trinajstić information content (AvgIpc) is 2.68. The molecule has 0 saturated carbocycles. The summed E-state index contributed by atoms with van der Waals surface area (Å²) in [6.45, 7) is 10.3. The van der Waals surface area contributed by atoms with E-state index in [1.165, 1.54) is 10.4 Å². The van der Waals surface area contributed by atoms with Gasteiger partial charge in [-0.1, -0.05) is 32.0 Å². The fourth-order valence-electron chi connectivity index (χ4n) is 3.43. The van der Waals surface area contributed by atoms with Crippen LogP contribution in [0.5, 0.6) is 0 Å². The van der Waals surface area contributed by atoms with Crippen LogP contribution in [0.25, 0.3) is 0 Å². The Bertz CT molecular complexity index is 826. The molecule has 1 N–H and O–H groups in total. The summed E-state index contributed by atoms with van der Waals surface area (Å²) in [6, 6.07) is 6.79. The van der Waals surface area contributed by atoms with E-state index in [4.69, 9.17) is 4.74 Å². The molecule has 0 radical (unpaired) electrons. The normalized spacial score (nSPS) is 16.4. The van der Waals surface area contributed by atoms with Crippen molar-refractivity contribution in [2.45, 2.75) is 39.2 Å². The molecule has 1 saturated heterocycles. The van der Waals surface area contributed by atoms with Crippen molar-refractivity contribution < 1.29 is 17.5 Å². The Labute approximate surface area is 203 Å². The van der Waals surface area contributed by atoms with Gasteiger partial charge in [-0.2, -0.15) is 4.31 Å². The van der Waals surface area contributed by atoms with Crippen molar-refractivity contribution in [3.8, 4) is 0 Å². The van der Waals surface area contributed by atoms with Gasteiger partial charge in [0.1, 0.15) is 5.82 Å². The van der Waals surface area contributed by atoms with Crippen molar-refractivity contribution in [1.29, 1.82) is 0 Å². The zero-order valence-electron chi connectivity index (χ0n) is 19.1. The van der Waals surface area contributed by atoms with Gasteiger partial charge in [0.15, 0.2) is 5.96 Å². The van der Waals surface area contributed by atoms with Gasteiger partial charge in [-0.25, -0.2) is 12.8 Å². The van der Waals surface area contributed by atoms with E-state index in [2.05, 4.69) is 10.3 Å². The molecule has 0 bridgehead atoms. The van der Waals surface area contributed by atoms with E-state index in [1.54, 1.807) is 19.2 Å². The Morgan fingerprint density at radius 2 is 1.84 bits per heavy atom. The van der Waals surface area contributed by atoms with Gasteiger partial charge in [0.25, 0.3) is 0 Å². The van der Waals surface area contributed by atoms with E-state index in [1.807, 2.05) is 38.7 Å². The van der Waals surface area contributed by atoms with Crippen LogP contribution < -0.4 is 5.32 Å². The van der Waals surface area contributed by atoms with Crippen LogP contribution in [0.1, 0.15) is 33.3 Å². The third-order valence-electron chi connectivity index (χ3n) is 5.23. The third-order valence-corrected chi connectivity index (χ3v) is 7.06. The summed E-state index contributed by atoms with van der Waals surface area (Å²) in [4.78, 5) is 6.37. The number of ether oxygens (including phenoxy) is 1. The molecule has 0 aliphatic carbocycles. The lowest BCUT2D eigenvalue weighted by molar-refractivity contribution is 0.0904. The van der Waals surface area contributed by atoms with Crippen LogP contribution in [0.3, 0.4) is 0 Å². The highest BCUT2D eigenvalue weighted by Crippen LogP contribution is 2.25. The van der Waals surface area contributed by atoms with Crippen molar-refractivity contribution >= 4 is 40.0 Å². The van der Waals surface area contributed by atoms with Crippen LogP contribution in [0.4, 0.5) is 4.39 Å². The van der Waals surface area contributed by atoms with Gasteiger partial charge in [-0.3, -0.25) is 4.99 Å². The molecule has 0 unspecified atom stereocenters. The summed E-state index contributed by atoms with van der Waals surface area (Å²) in [7, 11) is -1.63. The van der Waals surface area contributed by atoms with Gasteiger partial charge in [0.05, 0.1) is 18.5 Å². The summed E-state index contributed by atoms with van der Waals surface area (Å²) in [5, 5.41) is 3.33. The fourth-order valence-corrected chi connectivity index (χ4v) is 4.72. The maximum Gasteiger partial charge on any atom is 0.216 e. The summed E-state index contributed by atoms with van der Waals surface area (Å²) < 4.78 is 46.1. The first kappa shape index (κ1) is 28.1. The van der Waals surface area contributed by atoms with E-state index >= 15 is 0 Å². The molecule has 0 aromatic heterocycles. The monoisotopic (exact) mass is 570 g/mol. The number of halogens is 2. The predicted octanol–water partition coefficient (Wildman–Crippen LogP) is 2.67. The molecule has 178 valence electrons. The van der Waals surface area contributed by atoms with Gasteiger partial charge in [-0.05, 0) is 25.5 Å². The van der Waals surface area contributed by atoms with Crippen molar-refractivity contribution in [3.05, 3.63) is 35.6 Å². The molecule has 31 heavy (non-hydrogen) atoms. The zero-order valence-corrected chi connectivity index (χ0v) is 22.2. The quantitative estimate of drug-likeness (QED) is 0.296. The predicted molar refractivity (Wildman–Crippen MR) is 134 cm³/mol. The van der Waals surface area contributed by atoms with Crippen molar-refractivity contribution in [1.82, 2.24) is 14.5 Å². The second kappa shape index (κ2) is 12.3. The lowest BCUT2D eigenvalue weighted by Crippen LogP contribution is -2.55. The van der Waals surface area contributed by atoms with Crippen LogP contribution >= 0.6 is 24.0 Å². The lowest BCUT2D eigenvalue weighted by Gasteiger charge is -2.37. The summed E-state index contributed by atoms with van der Waals surface area (Å²) in [6.07, 6.45) is 0.0139. The standard InChI is InChI=1S/C21H35FN4O3S.HI/c1-17(2)29-14-15-30(27,28)26-12-10-25(11-13-26)20(23-5)24-16-21(3,4)18-8-6-7-9-19(18)22;/h6-9,17H,10-16H2,1-5H3,(H,23,24);1H. The number of aliphatic imine (C=N–C) groups is 1. The maximum atomic E-state index is 14.2. The molecule has 1 heterocycles. The molecular weight excluding hydrogens is 534 g/mol. The largest absolute Gasteiger partial charge is 0.378 e. The van der Waals surface area contributed by atoms with E-state index in [-0.39, 0.29) is 48.3 Å². The first-order chi connectivity index (χ1) is 14.1. The Morgan fingerprint density at radius 1 is 1.23 bits per heavy atom. The number of benzene rings is 1. The summed E-state index contributed by atoms with van der Waals surface area (Å²) in [5.41, 5.74) is 0.218. The third kappa shape index (κ3) is 8.14. The minimum absolute atomic E-state index is 0. The Hall–Kier alpha value is -0.980. The average molecular weight is 571 g/mol. The number of nitrogens with zero attached hydrogens (tertiary/aromatic N) is 3. The highest BCUT2D eigenvalue weighted by molar-refractivity contribution is 14.0. The van der Waals surface area contributed by atoms with Crippen molar-refractivity contribution in [2.75, 3.05) is 52.1 Å². The molecule has 7 nitrogen and oxygen atoms in total. The maximum absolute atomic E-state index is 14.2. The summed E-state index contributed by atoms with van der Waals surface area (Å²) in [5.74, 6) is 0.466. The number of hydrogen-bond acceptors (Lipinski definition) is 4. The number of guanidine groups is 1. The second-order valence-electron chi connectivity index (χ2n) is 8.39. The molecule has 2 rings (SSSR count). The van der Waals surface area contributed by atoms with Crippen molar-refractivity contribution in [3.63, 3.8) is 0 Å². The highest BCUT2D eigenvalue weighted by atomic mass is 127. The number of piperazine rings is 1. The molecule has 1 aliphatic heterocycles. The number of rotatable bonds is 8. The van der Waals surface area contributed by atoms with Crippen LogP contribution in [0, 0.1) is 5.82 Å². The minimum Gasteiger partial charge on any atom is -0.378 e. The topological polar surface area (TPSA) is 74.2 Å². The highest BCUT2D eigenvalue weighted by Gasteiger charge is 2.29. The van der Waals surface area contributed by atoms with Gasteiger partial charge >= 0.3 is 0 Å². The Kier molecular flexibility index (Phi) is 11.1. The molecule has 1 aromatic rings. The SMILES string of the molecule is CN=C(NCC(C)(C)c1ccccc1F)N1CCN(S(=O)(=O)CCOC(C)C)CC1.I. The Balaban J connectivity index is 0.00000480. The number of nitrogens with one attached hydrogen (secondary N) is 1. The van der Waals surface area contributed by atoms with E-state index < -0.39 is 15.4 Å². The zero-order chi connectivity index (χ0) is 22.4. The van der Waals surface area contributed by atoms with Gasteiger partial charge < -0.3 is 15.0 Å². The van der Waals surface area contributed by atoms with E-state index in [0.29, 0.717) is 44.2 Å². The first-order valence-corrected chi connectivity index (χ1v) is 12.0. The van der Waals surface area contributed by atoms with Gasteiger partial charge in [0.2, 0.25) is 10.0 Å². The second-order valence-corrected chi connectivity index (χ2v) is 10.5. The van der Waals surface area contributed by atoms with Crippen LogP contribution in [0.2, 0.25) is 0 Å². The molecule has 1 aliphatic rings. The minimum atomic E-state index is -3.33. The molecule has 1 aromatic carbocycles. The molecule has 1 fully saturated rings. The van der Waals surface area contributed by atoms with Crippen LogP contribution in [-0.4, -0.2) is 81.8 Å². The Morgan fingerprint density at radius 3 is 2.39 bits per heavy atom. The van der Waals surface area contributed by atoms with Crippen LogP contribution in [-0.2, 0) is 20.2 Å². The molecule has 10 heteroatoms. The van der Waals surface area contributed by atoms with E-state index in [9.17, 15) is 12.8 Å². The molecular formula is C21H36FIN4O3S. The molecule has 0 atom stereocenters. The number of hydrogen-bond donors (Lipinski definition) is 1. The summed E-state index contributed by atoms with van der Waals surface area (Å²) >= 11 is 0. The van der Waals surface area contributed by atoms with Crippen molar-refractivity contribution in [2.24, 2.45) is 4.99 Å². The van der Waals surface area contributed by atoms with Crippen LogP contribution in [0.15, 0.2) is 29.3 Å². The molecule has 0 amide bonds. The fraction of sp³-hybridized carbons (Fsp3) is 0.667. The molecule has 0 spiro atoms. The van der Waals surface area contributed by atoms with Gasteiger partial charge in [0, 0.05) is 45.2 Å². The smallest absolute Gasteiger partial charge is 0.216 e. The number of sulfonamides is 1. The van der Waals surface area contributed by atoms with E-state index in [0.717, 1.165) is 0 Å². The van der Waals surface area contributed by atoms with Gasteiger partial charge in [-0.15, -0.1) is 24.0 Å². The first-order valence-electron chi connectivity index (χ1n) is 10.4. The lowest BCUT2D eigenvalue weighted by atomic mass is 9.84.